The van der Waals surface area contributed by atoms with Crippen molar-refractivity contribution in [2.45, 2.75) is 0 Å². The SMILES string of the molecule is C[n+]1ccccc1C(=N/O)/C(=N\O)c1cccc[n+]1C. The van der Waals surface area contributed by atoms with E-state index in [1.165, 1.54) is 0 Å². The van der Waals surface area contributed by atoms with Crippen LogP contribution in [0, 0.1) is 0 Å². The quantitative estimate of drug-likeness (QED) is 0.367. The van der Waals surface area contributed by atoms with E-state index >= 15 is 0 Å². The molecule has 0 saturated carbocycles. The van der Waals surface area contributed by atoms with Gasteiger partial charge in [0.15, 0.2) is 12.4 Å². The summed E-state index contributed by atoms with van der Waals surface area (Å²) in [5, 5.41) is 25.3. The number of hydrogen-bond donors (Lipinski definition) is 2. The maximum absolute atomic E-state index is 9.33. The highest BCUT2D eigenvalue weighted by molar-refractivity contribution is 6.51. The molecular weight excluding hydrogens is 256 g/mol. The van der Waals surface area contributed by atoms with E-state index in [1.807, 2.05) is 50.8 Å². The molecule has 0 atom stereocenters. The fourth-order valence-electron chi connectivity index (χ4n) is 1.98. The average Bonchev–Trinajstić information content (AvgIpc) is 2.47. The maximum atomic E-state index is 9.33. The van der Waals surface area contributed by atoms with Crippen LogP contribution in [0.3, 0.4) is 0 Å². The lowest BCUT2D eigenvalue weighted by atomic mass is 10.1. The molecule has 6 heteroatoms. The Kier molecular flexibility index (Phi) is 4.05. The van der Waals surface area contributed by atoms with Gasteiger partial charge in [0.2, 0.25) is 22.8 Å². The summed E-state index contributed by atoms with van der Waals surface area (Å²) in [6.45, 7) is 0. The van der Waals surface area contributed by atoms with Crippen LogP contribution < -0.4 is 9.13 Å². The minimum Gasteiger partial charge on any atom is -0.410 e. The van der Waals surface area contributed by atoms with Crippen molar-refractivity contribution in [3.05, 3.63) is 60.2 Å². The Morgan fingerprint density at radius 3 is 1.50 bits per heavy atom. The number of oxime groups is 2. The number of hydrogen-bond acceptors (Lipinski definition) is 4. The Labute approximate surface area is 116 Å². The van der Waals surface area contributed by atoms with Crippen molar-refractivity contribution in [3.8, 4) is 0 Å². The fourth-order valence-corrected chi connectivity index (χ4v) is 1.98. The van der Waals surface area contributed by atoms with Crippen molar-refractivity contribution in [3.63, 3.8) is 0 Å². The molecule has 2 N–H and O–H groups in total. The summed E-state index contributed by atoms with van der Waals surface area (Å²) in [5.41, 5.74) is 1.65. The molecule has 2 rings (SSSR count). The van der Waals surface area contributed by atoms with E-state index in [-0.39, 0.29) is 11.4 Å². The van der Waals surface area contributed by atoms with Crippen LogP contribution in [-0.4, -0.2) is 21.8 Å². The van der Waals surface area contributed by atoms with E-state index in [1.54, 1.807) is 21.3 Å². The van der Waals surface area contributed by atoms with Crippen molar-refractivity contribution in [1.29, 1.82) is 0 Å². The highest BCUT2D eigenvalue weighted by Gasteiger charge is 2.28. The first-order chi connectivity index (χ1) is 9.69. The largest absolute Gasteiger partial charge is 0.410 e. The van der Waals surface area contributed by atoms with Gasteiger partial charge in [0.1, 0.15) is 14.1 Å². The van der Waals surface area contributed by atoms with Gasteiger partial charge in [-0.05, 0) is 12.1 Å². The van der Waals surface area contributed by atoms with E-state index in [0.29, 0.717) is 11.4 Å². The normalized spacial score (nSPS) is 12.5. The van der Waals surface area contributed by atoms with Gasteiger partial charge < -0.3 is 10.4 Å². The summed E-state index contributed by atoms with van der Waals surface area (Å²) in [6.07, 6.45) is 3.64. The Morgan fingerprint density at radius 1 is 0.800 bits per heavy atom. The molecule has 0 aromatic carbocycles. The van der Waals surface area contributed by atoms with Gasteiger partial charge in [-0.25, -0.2) is 0 Å². The van der Waals surface area contributed by atoms with Crippen molar-refractivity contribution >= 4 is 11.4 Å². The van der Waals surface area contributed by atoms with Crippen LogP contribution in [0.2, 0.25) is 0 Å². The first kappa shape index (κ1) is 13.7. The predicted octanol–water partition coefficient (Wildman–Crippen LogP) is 0.392. The summed E-state index contributed by atoms with van der Waals surface area (Å²) in [7, 11) is 3.64. The van der Waals surface area contributed by atoms with Crippen molar-refractivity contribution in [2.24, 2.45) is 24.4 Å². The van der Waals surface area contributed by atoms with Crippen LogP contribution in [-0.2, 0) is 14.1 Å². The van der Waals surface area contributed by atoms with Gasteiger partial charge in [0.05, 0.1) is 0 Å². The molecule has 6 nitrogen and oxygen atoms in total. The lowest BCUT2D eigenvalue weighted by Gasteiger charge is -2.04. The number of aromatic nitrogens is 2. The van der Waals surface area contributed by atoms with E-state index in [0.717, 1.165) is 0 Å². The second kappa shape index (κ2) is 5.92. The molecule has 0 aliphatic heterocycles. The number of nitrogens with zero attached hydrogens (tertiary/aromatic N) is 4. The zero-order valence-electron chi connectivity index (χ0n) is 11.3. The van der Waals surface area contributed by atoms with Crippen LogP contribution in [0.25, 0.3) is 0 Å². The molecule has 0 amide bonds. The Morgan fingerprint density at radius 2 is 1.20 bits per heavy atom. The van der Waals surface area contributed by atoms with E-state index < -0.39 is 0 Å². The fraction of sp³-hybridized carbons (Fsp3) is 0.143. The van der Waals surface area contributed by atoms with Crippen molar-refractivity contribution in [1.82, 2.24) is 0 Å². The molecule has 102 valence electrons. The smallest absolute Gasteiger partial charge is 0.236 e. The van der Waals surface area contributed by atoms with Gasteiger partial charge in [-0.1, -0.05) is 10.3 Å². The Hall–Kier alpha value is -2.76. The summed E-state index contributed by atoms with van der Waals surface area (Å²) < 4.78 is 3.56. The Bertz CT molecular complexity index is 621. The molecule has 0 radical (unpaired) electrons. The highest BCUT2D eigenvalue weighted by atomic mass is 16.4. The summed E-state index contributed by atoms with van der Waals surface area (Å²) in [5.74, 6) is 0. The molecule has 20 heavy (non-hydrogen) atoms. The second-order valence-electron chi connectivity index (χ2n) is 4.29. The first-order valence-corrected chi connectivity index (χ1v) is 6.03. The molecule has 2 aromatic heterocycles. The molecule has 0 fully saturated rings. The van der Waals surface area contributed by atoms with Gasteiger partial charge in [-0.2, -0.15) is 9.13 Å². The first-order valence-electron chi connectivity index (χ1n) is 6.03. The zero-order chi connectivity index (χ0) is 14.5. The molecule has 0 bridgehead atoms. The zero-order valence-corrected chi connectivity index (χ0v) is 11.3. The van der Waals surface area contributed by atoms with Crippen LogP contribution in [0.4, 0.5) is 0 Å². The van der Waals surface area contributed by atoms with Crippen LogP contribution >= 0.6 is 0 Å². The third-order valence-corrected chi connectivity index (χ3v) is 3.02. The number of pyridine rings is 2. The molecule has 0 aliphatic rings. The molecule has 0 aliphatic carbocycles. The van der Waals surface area contributed by atoms with Gasteiger partial charge >= 0.3 is 0 Å². The van der Waals surface area contributed by atoms with Gasteiger partial charge in [0, 0.05) is 24.3 Å². The van der Waals surface area contributed by atoms with Gasteiger partial charge in [0.25, 0.3) is 0 Å². The lowest BCUT2D eigenvalue weighted by molar-refractivity contribution is -0.674. The molecule has 2 heterocycles. The number of rotatable bonds is 3. The highest BCUT2D eigenvalue weighted by Crippen LogP contribution is 2.03. The van der Waals surface area contributed by atoms with Crippen LogP contribution in [0.1, 0.15) is 11.4 Å². The molecule has 0 saturated heterocycles. The number of aryl methyl sites for hydroxylation is 2. The lowest BCUT2D eigenvalue weighted by Crippen LogP contribution is -2.43. The molecule has 0 unspecified atom stereocenters. The van der Waals surface area contributed by atoms with E-state index in [9.17, 15) is 10.4 Å². The maximum Gasteiger partial charge on any atom is 0.236 e. The molecule has 0 spiro atoms. The van der Waals surface area contributed by atoms with Gasteiger partial charge in [-0.3, -0.25) is 0 Å². The molecule has 2 aromatic rings. The molecular formula is C14H16N4O2+2. The van der Waals surface area contributed by atoms with Crippen molar-refractivity contribution in [2.75, 3.05) is 0 Å². The van der Waals surface area contributed by atoms with Gasteiger partial charge in [-0.15, -0.1) is 0 Å². The van der Waals surface area contributed by atoms with E-state index in [2.05, 4.69) is 10.3 Å². The second-order valence-corrected chi connectivity index (χ2v) is 4.29. The predicted molar refractivity (Wildman–Crippen MR) is 71.9 cm³/mol. The van der Waals surface area contributed by atoms with E-state index in [4.69, 9.17) is 0 Å². The van der Waals surface area contributed by atoms with Crippen molar-refractivity contribution < 1.29 is 19.5 Å². The topological polar surface area (TPSA) is 72.9 Å². The van der Waals surface area contributed by atoms with Crippen LogP contribution in [0.15, 0.2) is 59.1 Å². The Balaban J connectivity index is 2.57. The summed E-state index contributed by atoms with van der Waals surface area (Å²) in [4.78, 5) is 0. The van der Waals surface area contributed by atoms with Crippen LogP contribution in [0.5, 0.6) is 0 Å². The minimum atomic E-state index is 0.192. The summed E-state index contributed by atoms with van der Waals surface area (Å²) >= 11 is 0. The average molecular weight is 272 g/mol. The minimum absolute atomic E-state index is 0.192. The standard InChI is InChI=1S/C14H14N4O2/c1-17-9-5-3-7-11(17)13(15-19)14(16-20)12-8-4-6-10-18(12)2/h3-10H,1-2H3/p+2. The summed E-state index contributed by atoms with van der Waals surface area (Å²) in [6, 6.07) is 10.9. The third kappa shape index (κ3) is 2.49. The third-order valence-electron chi connectivity index (χ3n) is 3.02. The monoisotopic (exact) mass is 272 g/mol.